The van der Waals surface area contributed by atoms with Gasteiger partial charge in [-0.05, 0) is 24.1 Å². The van der Waals surface area contributed by atoms with Crippen LogP contribution in [0.5, 0.6) is 0 Å². The first kappa shape index (κ1) is 14.7. The van der Waals surface area contributed by atoms with Crippen LogP contribution < -0.4 is 10.6 Å². The van der Waals surface area contributed by atoms with E-state index in [2.05, 4.69) is 17.6 Å². The number of carbonyl (C=O) groups excluding carboxylic acids is 1. The first-order valence-electron chi connectivity index (χ1n) is 6.34. The molecule has 0 aliphatic rings. The molecule has 0 aromatic heterocycles. The highest BCUT2D eigenvalue weighted by Crippen LogP contribution is 2.04. The molecule has 0 aliphatic carbocycles. The molecule has 0 saturated carbocycles. The van der Waals surface area contributed by atoms with Crippen molar-refractivity contribution >= 4 is 5.91 Å². The predicted molar refractivity (Wildman–Crippen MR) is 72.9 cm³/mol. The molecule has 18 heavy (non-hydrogen) atoms. The largest absolute Gasteiger partial charge is 0.383 e. The molecule has 0 unspecified atom stereocenters. The molecule has 4 nitrogen and oxygen atoms in total. The summed E-state index contributed by atoms with van der Waals surface area (Å²) in [6.07, 6.45) is 0.991. The fourth-order valence-corrected chi connectivity index (χ4v) is 1.56. The van der Waals surface area contributed by atoms with E-state index in [1.807, 2.05) is 24.3 Å². The average Bonchev–Trinajstić information content (AvgIpc) is 2.42. The van der Waals surface area contributed by atoms with E-state index in [1.165, 1.54) is 5.56 Å². The van der Waals surface area contributed by atoms with Crippen molar-refractivity contribution in [2.24, 2.45) is 0 Å². The summed E-state index contributed by atoms with van der Waals surface area (Å²) in [5.41, 5.74) is 1.96. The number of hydrogen-bond acceptors (Lipinski definition) is 3. The molecule has 0 atom stereocenters. The number of methoxy groups -OCH3 is 1. The van der Waals surface area contributed by atoms with Gasteiger partial charge in [0.1, 0.15) is 0 Å². The van der Waals surface area contributed by atoms with Crippen molar-refractivity contribution in [3.8, 4) is 0 Å². The highest BCUT2D eigenvalue weighted by Gasteiger charge is 2.03. The standard InChI is InChI=1S/C14H22N2O2/c1-3-12-4-6-13(7-5-12)14(17)16-9-8-15-10-11-18-2/h4-7,15H,3,8-11H2,1-2H3,(H,16,17). The summed E-state index contributed by atoms with van der Waals surface area (Å²) in [6, 6.07) is 7.72. The number of hydrogen-bond donors (Lipinski definition) is 2. The van der Waals surface area contributed by atoms with Crippen LogP contribution in [0.3, 0.4) is 0 Å². The summed E-state index contributed by atoms with van der Waals surface area (Å²) >= 11 is 0. The lowest BCUT2D eigenvalue weighted by atomic mass is 10.1. The van der Waals surface area contributed by atoms with Crippen LogP contribution in [-0.2, 0) is 11.2 Å². The van der Waals surface area contributed by atoms with Gasteiger partial charge in [0, 0.05) is 32.3 Å². The van der Waals surface area contributed by atoms with Crippen molar-refractivity contribution < 1.29 is 9.53 Å². The van der Waals surface area contributed by atoms with Crippen molar-refractivity contribution in [1.29, 1.82) is 0 Å². The SMILES string of the molecule is CCc1ccc(C(=O)NCCNCCOC)cc1. The zero-order valence-corrected chi connectivity index (χ0v) is 11.2. The minimum atomic E-state index is -0.0220. The van der Waals surface area contributed by atoms with E-state index in [1.54, 1.807) is 7.11 Å². The van der Waals surface area contributed by atoms with E-state index in [0.29, 0.717) is 18.7 Å². The first-order chi connectivity index (χ1) is 8.77. The molecular formula is C14H22N2O2. The van der Waals surface area contributed by atoms with Crippen molar-refractivity contribution in [1.82, 2.24) is 10.6 Å². The number of rotatable bonds is 8. The van der Waals surface area contributed by atoms with Gasteiger partial charge in [-0.2, -0.15) is 0 Å². The minimum absolute atomic E-state index is 0.0220. The maximum absolute atomic E-state index is 11.8. The van der Waals surface area contributed by atoms with E-state index >= 15 is 0 Å². The number of benzene rings is 1. The molecule has 2 N–H and O–H groups in total. The van der Waals surface area contributed by atoms with E-state index in [9.17, 15) is 4.79 Å². The van der Waals surface area contributed by atoms with Crippen LogP contribution >= 0.6 is 0 Å². The zero-order valence-electron chi connectivity index (χ0n) is 11.2. The lowest BCUT2D eigenvalue weighted by Crippen LogP contribution is -2.33. The molecule has 0 spiro atoms. The Kier molecular flexibility index (Phi) is 7.06. The summed E-state index contributed by atoms with van der Waals surface area (Å²) in [5.74, 6) is -0.0220. The number of ether oxygens (including phenoxy) is 1. The molecule has 100 valence electrons. The Morgan fingerprint density at radius 3 is 2.50 bits per heavy atom. The van der Waals surface area contributed by atoms with E-state index < -0.39 is 0 Å². The fourth-order valence-electron chi connectivity index (χ4n) is 1.56. The first-order valence-corrected chi connectivity index (χ1v) is 6.34. The third-order valence-electron chi connectivity index (χ3n) is 2.69. The lowest BCUT2D eigenvalue weighted by molar-refractivity contribution is 0.0953. The molecular weight excluding hydrogens is 228 g/mol. The summed E-state index contributed by atoms with van der Waals surface area (Å²) < 4.78 is 4.91. The quantitative estimate of drug-likeness (QED) is 0.682. The molecule has 0 radical (unpaired) electrons. The molecule has 0 heterocycles. The lowest BCUT2D eigenvalue weighted by Gasteiger charge is -2.07. The Morgan fingerprint density at radius 1 is 1.17 bits per heavy atom. The summed E-state index contributed by atoms with van der Waals surface area (Å²) in [5, 5.41) is 6.04. The van der Waals surface area contributed by atoms with Crippen molar-refractivity contribution in [2.45, 2.75) is 13.3 Å². The number of amides is 1. The summed E-state index contributed by atoms with van der Waals surface area (Å²) in [7, 11) is 1.67. The average molecular weight is 250 g/mol. The topological polar surface area (TPSA) is 50.4 Å². The van der Waals surface area contributed by atoms with Crippen LogP contribution in [-0.4, -0.2) is 39.3 Å². The molecule has 0 bridgehead atoms. The van der Waals surface area contributed by atoms with Gasteiger partial charge in [0.15, 0.2) is 0 Å². The van der Waals surface area contributed by atoms with Gasteiger partial charge in [-0.25, -0.2) is 0 Å². The maximum Gasteiger partial charge on any atom is 0.251 e. The maximum atomic E-state index is 11.8. The molecule has 1 aromatic carbocycles. The molecule has 4 heteroatoms. The van der Waals surface area contributed by atoms with Gasteiger partial charge >= 0.3 is 0 Å². The van der Waals surface area contributed by atoms with Gasteiger partial charge in [-0.15, -0.1) is 0 Å². The second kappa shape index (κ2) is 8.66. The Labute approximate surface area is 109 Å². The van der Waals surface area contributed by atoms with Crippen LogP contribution in [0.2, 0.25) is 0 Å². The Hall–Kier alpha value is -1.39. The Bertz CT molecular complexity index is 349. The van der Waals surface area contributed by atoms with Crippen molar-refractivity contribution in [3.05, 3.63) is 35.4 Å². The normalized spacial score (nSPS) is 10.3. The van der Waals surface area contributed by atoms with Gasteiger partial charge in [-0.3, -0.25) is 4.79 Å². The smallest absolute Gasteiger partial charge is 0.251 e. The second-order valence-corrected chi connectivity index (χ2v) is 4.05. The third kappa shape index (κ3) is 5.29. The zero-order chi connectivity index (χ0) is 13.2. The summed E-state index contributed by atoms with van der Waals surface area (Å²) in [4.78, 5) is 11.8. The monoisotopic (exact) mass is 250 g/mol. The van der Waals surface area contributed by atoms with Gasteiger partial charge in [0.25, 0.3) is 5.91 Å². The Morgan fingerprint density at radius 2 is 1.89 bits per heavy atom. The van der Waals surface area contributed by atoms with E-state index in [-0.39, 0.29) is 5.91 Å². The van der Waals surface area contributed by atoms with Gasteiger partial charge in [-0.1, -0.05) is 19.1 Å². The predicted octanol–water partition coefficient (Wildman–Crippen LogP) is 1.21. The number of carbonyl (C=O) groups is 1. The van der Waals surface area contributed by atoms with Crippen molar-refractivity contribution in [2.75, 3.05) is 33.4 Å². The fraction of sp³-hybridized carbons (Fsp3) is 0.500. The van der Waals surface area contributed by atoms with Crippen LogP contribution in [0.1, 0.15) is 22.8 Å². The number of nitrogens with one attached hydrogen (secondary N) is 2. The second-order valence-electron chi connectivity index (χ2n) is 4.05. The Balaban J connectivity index is 2.23. The van der Waals surface area contributed by atoms with Crippen LogP contribution in [0.25, 0.3) is 0 Å². The van der Waals surface area contributed by atoms with Gasteiger partial charge < -0.3 is 15.4 Å². The van der Waals surface area contributed by atoms with E-state index in [4.69, 9.17) is 4.74 Å². The highest BCUT2D eigenvalue weighted by molar-refractivity contribution is 5.94. The van der Waals surface area contributed by atoms with Crippen LogP contribution in [0.15, 0.2) is 24.3 Å². The minimum Gasteiger partial charge on any atom is -0.383 e. The molecule has 1 rings (SSSR count). The summed E-state index contributed by atoms with van der Waals surface area (Å²) in [6.45, 7) is 4.96. The van der Waals surface area contributed by atoms with Gasteiger partial charge in [0.05, 0.1) is 6.61 Å². The van der Waals surface area contributed by atoms with Crippen molar-refractivity contribution in [3.63, 3.8) is 0 Å². The van der Waals surface area contributed by atoms with Crippen LogP contribution in [0, 0.1) is 0 Å². The number of aryl methyl sites for hydroxylation is 1. The molecule has 1 aromatic rings. The van der Waals surface area contributed by atoms with E-state index in [0.717, 1.165) is 19.5 Å². The van der Waals surface area contributed by atoms with Gasteiger partial charge in [0.2, 0.25) is 0 Å². The molecule has 0 aliphatic heterocycles. The molecule has 0 saturated heterocycles. The highest BCUT2D eigenvalue weighted by atomic mass is 16.5. The van der Waals surface area contributed by atoms with Crippen LogP contribution in [0.4, 0.5) is 0 Å². The third-order valence-corrected chi connectivity index (χ3v) is 2.69. The molecule has 1 amide bonds. The molecule has 0 fully saturated rings.